The zero-order valence-electron chi connectivity index (χ0n) is 10.6. The van der Waals surface area contributed by atoms with Gasteiger partial charge in [0.25, 0.3) is 0 Å². The van der Waals surface area contributed by atoms with E-state index < -0.39 is 5.97 Å². The van der Waals surface area contributed by atoms with Gasteiger partial charge in [-0.1, -0.05) is 18.2 Å². The molecule has 2 aromatic rings. The zero-order chi connectivity index (χ0) is 14.7. The third-order valence-corrected chi connectivity index (χ3v) is 3.08. The van der Waals surface area contributed by atoms with E-state index in [-0.39, 0.29) is 22.8 Å². The van der Waals surface area contributed by atoms with E-state index >= 15 is 0 Å². The smallest absolute Gasteiger partial charge is 0.339 e. The molecule has 0 bridgehead atoms. The van der Waals surface area contributed by atoms with Crippen LogP contribution >= 0.6 is 0 Å². The maximum atomic E-state index is 11.1. The molecule has 0 saturated heterocycles. The molecule has 2 rings (SSSR count). The lowest BCUT2D eigenvalue weighted by atomic mass is 9.98. The summed E-state index contributed by atoms with van der Waals surface area (Å²) in [5.41, 5.74) is 0.971. The van der Waals surface area contributed by atoms with Crippen LogP contribution in [-0.4, -0.2) is 26.4 Å². The first-order valence-corrected chi connectivity index (χ1v) is 6.04. The van der Waals surface area contributed by atoms with Gasteiger partial charge < -0.3 is 20.4 Å². The van der Waals surface area contributed by atoms with Gasteiger partial charge in [-0.25, -0.2) is 4.79 Å². The van der Waals surface area contributed by atoms with Crippen LogP contribution < -0.4 is 0 Å². The first kappa shape index (κ1) is 13.7. The molecule has 104 valence electrons. The number of carbonyl (C=O) groups is 1. The average molecular weight is 274 g/mol. The second kappa shape index (κ2) is 5.52. The quantitative estimate of drug-likeness (QED) is 0.685. The Bertz CT molecular complexity index is 649. The first-order chi connectivity index (χ1) is 9.49. The van der Waals surface area contributed by atoms with Crippen LogP contribution in [0, 0.1) is 0 Å². The van der Waals surface area contributed by atoms with E-state index in [0.717, 1.165) is 0 Å². The highest BCUT2D eigenvalue weighted by Crippen LogP contribution is 2.26. The highest BCUT2D eigenvalue weighted by molar-refractivity contribution is 5.92. The van der Waals surface area contributed by atoms with Crippen molar-refractivity contribution in [3.63, 3.8) is 0 Å². The molecule has 0 aromatic heterocycles. The minimum absolute atomic E-state index is 0.0326. The summed E-state index contributed by atoms with van der Waals surface area (Å²) in [7, 11) is 0. The maximum Gasteiger partial charge on any atom is 0.339 e. The van der Waals surface area contributed by atoms with Crippen LogP contribution in [0.1, 0.15) is 21.5 Å². The van der Waals surface area contributed by atoms with Crippen LogP contribution in [0.2, 0.25) is 0 Å². The Morgan fingerprint density at radius 1 is 0.900 bits per heavy atom. The van der Waals surface area contributed by atoms with Gasteiger partial charge in [-0.15, -0.1) is 0 Å². The summed E-state index contributed by atoms with van der Waals surface area (Å²) >= 11 is 0. The van der Waals surface area contributed by atoms with Gasteiger partial charge in [0.15, 0.2) is 0 Å². The third kappa shape index (κ3) is 2.83. The summed E-state index contributed by atoms with van der Waals surface area (Å²) in [6.45, 7) is 0. The normalized spacial score (nSPS) is 10.4. The van der Waals surface area contributed by atoms with Crippen molar-refractivity contribution in [3.05, 3.63) is 53.1 Å². The Hall–Kier alpha value is -2.69. The van der Waals surface area contributed by atoms with E-state index in [0.29, 0.717) is 24.0 Å². The fourth-order valence-electron chi connectivity index (χ4n) is 2.07. The molecule has 0 saturated carbocycles. The number of hydrogen-bond acceptors (Lipinski definition) is 4. The van der Waals surface area contributed by atoms with Crippen molar-refractivity contribution in [1.82, 2.24) is 0 Å². The Balaban J connectivity index is 2.23. The van der Waals surface area contributed by atoms with Crippen LogP contribution in [0.3, 0.4) is 0 Å². The summed E-state index contributed by atoms with van der Waals surface area (Å²) in [5.74, 6) is -1.53. The highest BCUT2D eigenvalue weighted by atomic mass is 16.4. The number of phenolic OH excluding ortho intramolecular Hbond substituents is 2. The number of aromatic hydroxyl groups is 3. The Labute approximate surface area is 115 Å². The van der Waals surface area contributed by atoms with Crippen molar-refractivity contribution < 1.29 is 25.2 Å². The summed E-state index contributed by atoms with van der Waals surface area (Å²) in [6.07, 6.45) is 0.754. The molecule has 2 aromatic carbocycles. The molecule has 20 heavy (non-hydrogen) atoms. The number of aryl methyl sites for hydroxylation is 2. The van der Waals surface area contributed by atoms with Crippen molar-refractivity contribution in [2.24, 2.45) is 0 Å². The average Bonchev–Trinajstić information content (AvgIpc) is 2.37. The van der Waals surface area contributed by atoms with Crippen molar-refractivity contribution >= 4 is 5.97 Å². The van der Waals surface area contributed by atoms with Gasteiger partial charge in [-0.05, 0) is 36.1 Å². The van der Waals surface area contributed by atoms with E-state index in [4.69, 9.17) is 5.11 Å². The first-order valence-electron chi connectivity index (χ1n) is 6.04. The molecular formula is C15H14O5. The van der Waals surface area contributed by atoms with Gasteiger partial charge in [-0.2, -0.15) is 0 Å². The van der Waals surface area contributed by atoms with Gasteiger partial charge in [0.05, 0.1) is 0 Å². The summed E-state index contributed by atoms with van der Waals surface area (Å²) in [6, 6.07) is 8.79. The SMILES string of the molecule is O=C(O)c1c(O)cccc1CCc1ccc(O)cc1O. The van der Waals surface area contributed by atoms with Gasteiger partial charge >= 0.3 is 5.97 Å². The zero-order valence-corrected chi connectivity index (χ0v) is 10.6. The molecule has 0 spiro atoms. The fourth-order valence-corrected chi connectivity index (χ4v) is 2.07. The minimum atomic E-state index is -1.19. The Kier molecular flexibility index (Phi) is 3.79. The molecule has 0 aliphatic carbocycles. The highest BCUT2D eigenvalue weighted by Gasteiger charge is 2.15. The standard InChI is InChI=1S/C15H14O5/c16-11-7-6-9(13(18)8-11)4-5-10-2-1-3-12(17)14(10)15(19)20/h1-3,6-8,16-18H,4-5H2,(H,19,20). The molecule has 0 heterocycles. The van der Waals surface area contributed by atoms with Crippen LogP contribution in [-0.2, 0) is 12.8 Å². The monoisotopic (exact) mass is 274 g/mol. The van der Waals surface area contributed by atoms with Crippen molar-refractivity contribution in [1.29, 1.82) is 0 Å². The molecule has 4 N–H and O–H groups in total. The van der Waals surface area contributed by atoms with Gasteiger partial charge in [0.2, 0.25) is 0 Å². The lowest BCUT2D eigenvalue weighted by Gasteiger charge is -2.09. The number of benzene rings is 2. The van der Waals surface area contributed by atoms with E-state index in [1.54, 1.807) is 18.2 Å². The van der Waals surface area contributed by atoms with Crippen molar-refractivity contribution in [3.8, 4) is 17.2 Å². The molecule has 0 radical (unpaired) electrons. The lowest BCUT2D eigenvalue weighted by molar-refractivity contribution is 0.0692. The summed E-state index contributed by atoms with van der Waals surface area (Å²) in [5, 5.41) is 37.6. The Morgan fingerprint density at radius 3 is 2.25 bits per heavy atom. The van der Waals surface area contributed by atoms with E-state index in [1.165, 1.54) is 18.2 Å². The molecule has 0 atom stereocenters. The number of carboxylic acids is 1. The molecule has 5 nitrogen and oxygen atoms in total. The van der Waals surface area contributed by atoms with E-state index in [9.17, 15) is 20.1 Å². The third-order valence-electron chi connectivity index (χ3n) is 3.08. The van der Waals surface area contributed by atoms with Crippen LogP contribution in [0.5, 0.6) is 17.2 Å². The number of phenols is 3. The molecule has 0 fully saturated rings. The molecule has 0 aliphatic heterocycles. The van der Waals surface area contributed by atoms with Gasteiger partial charge in [0, 0.05) is 6.07 Å². The van der Waals surface area contributed by atoms with E-state index in [2.05, 4.69) is 0 Å². The van der Waals surface area contributed by atoms with Crippen LogP contribution in [0.25, 0.3) is 0 Å². The fraction of sp³-hybridized carbons (Fsp3) is 0.133. The summed E-state index contributed by atoms with van der Waals surface area (Å²) < 4.78 is 0. The van der Waals surface area contributed by atoms with Gasteiger partial charge in [-0.3, -0.25) is 0 Å². The van der Waals surface area contributed by atoms with Crippen LogP contribution in [0.4, 0.5) is 0 Å². The topological polar surface area (TPSA) is 98.0 Å². The largest absolute Gasteiger partial charge is 0.508 e. The molecule has 0 amide bonds. The van der Waals surface area contributed by atoms with Gasteiger partial charge in [0.1, 0.15) is 22.8 Å². The maximum absolute atomic E-state index is 11.1. The number of aromatic carboxylic acids is 1. The molecular weight excluding hydrogens is 260 g/mol. The second-order valence-electron chi connectivity index (χ2n) is 4.43. The Morgan fingerprint density at radius 2 is 1.60 bits per heavy atom. The lowest BCUT2D eigenvalue weighted by Crippen LogP contribution is -2.04. The predicted molar refractivity (Wildman–Crippen MR) is 72.2 cm³/mol. The molecule has 5 heteroatoms. The number of hydrogen-bond donors (Lipinski definition) is 4. The predicted octanol–water partition coefficient (Wildman–Crippen LogP) is 2.29. The summed E-state index contributed by atoms with van der Waals surface area (Å²) in [4.78, 5) is 11.1. The number of rotatable bonds is 4. The molecule has 0 aliphatic rings. The van der Waals surface area contributed by atoms with Crippen molar-refractivity contribution in [2.75, 3.05) is 0 Å². The van der Waals surface area contributed by atoms with Crippen LogP contribution in [0.15, 0.2) is 36.4 Å². The minimum Gasteiger partial charge on any atom is -0.508 e. The van der Waals surface area contributed by atoms with E-state index in [1.807, 2.05) is 0 Å². The molecule has 0 unspecified atom stereocenters. The second-order valence-corrected chi connectivity index (χ2v) is 4.43. The number of carboxylic acid groups (broad SMARTS) is 1. The van der Waals surface area contributed by atoms with Crippen molar-refractivity contribution in [2.45, 2.75) is 12.8 Å².